The fourth-order valence-corrected chi connectivity index (χ4v) is 4.10. The first-order valence-electron chi connectivity index (χ1n) is 9.52. The predicted molar refractivity (Wildman–Crippen MR) is 101 cm³/mol. The predicted octanol–water partition coefficient (Wildman–Crippen LogP) is 1.78. The minimum Gasteiger partial charge on any atom is -0.487 e. The zero-order valence-corrected chi connectivity index (χ0v) is 15.6. The van der Waals surface area contributed by atoms with E-state index in [0.717, 1.165) is 37.4 Å². The average Bonchev–Trinajstić information content (AvgIpc) is 2.94. The lowest BCUT2D eigenvalue weighted by molar-refractivity contribution is -0.918. The molecular weight excluding hydrogens is 326 g/mol. The van der Waals surface area contributed by atoms with E-state index in [2.05, 4.69) is 44.2 Å². The Hall–Kier alpha value is -2.04. The zero-order valence-electron chi connectivity index (χ0n) is 15.6. The number of quaternary nitrogens is 1. The van der Waals surface area contributed by atoms with E-state index in [1.54, 1.807) is 0 Å². The Bertz CT molecular complexity index is 787. The molecular formula is C22H28NO3+. The van der Waals surface area contributed by atoms with Crippen LogP contribution in [0.1, 0.15) is 30.5 Å². The molecule has 26 heavy (non-hydrogen) atoms. The number of nitrogens with one attached hydrogen (secondary N) is 1. The Morgan fingerprint density at radius 3 is 2.73 bits per heavy atom. The highest BCUT2D eigenvalue weighted by molar-refractivity contribution is 5.50. The summed E-state index contributed by atoms with van der Waals surface area (Å²) >= 11 is 0. The Balaban J connectivity index is 1.33. The van der Waals surface area contributed by atoms with Gasteiger partial charge in [0.15, 0.2) is 11.5 Å². The van der Waals surface area contributed by atoms with E-state index < -0.39 is 6.10 Å². The quantitative estimate of drug-likeness (QED) is 0.860. The van der Waals surface area contributed by atoms with Gasteiger partial charge >= 0.3 is 0 Å². The van der Waals surface area contributed by atoms with Crippen molar-refractivity contribution < 1.29 is 19.5 Å². The van der Waals surface area contributed by atoms with Crippen LogP contribution in [-0.4, -0.2) is 36.5 Å². The Morgan fingerprint density at radius 2 is 1.88 bits per heavy atom. The van der Waals surface area contributed by atoms with Crippen LogP contribution in [0.4, 0.5) is 0 Å². The molecule has 4 nitrogen and oxygen atoms in total. The lowest BCUT2D eigenvalue weighted by Crippen LogP contribution is -3.13. The molecule has 0 radical (unpaired) electrons. The summed E-state index contributed by atoms with van der Waals surface area (Å²) in [4.78, 5) is 1.41. The molecule has 2 N–H and O–H groups in total. The molecule has 4 heteroatoms. The van der Waals surface area contributed by atoms with Crippen molar-refractivity contribution in [3.05, 3.63) is 59.2 Å². The molecule has 2 aromatic rings. The SMILES string of the molecule is CC1(C)Cc2cccc(OC[C@H](O)C[NH+]3CCc4ccccc4C3)c2O1. The van der Waals surface area contributed by atoms with Crippen molar-refractivity contribution >= 4 is 0 Å². The molecule has 0 saturated carbocycles. The first kappa shape index (κ1) is 17.4. The van der Waals surface area contributed by atoms with Gasteiger partial charge in [-0.1, -0.05) is 36.4 Å². The van der Waals surface area contributed by atoms with Crippen LogP contribution in [0, 0.1) is 0 Å². The van der Waals surface area contributed by atoms with Crippen LogP contribution in [0.2, 0.25) is 0 Å². The van der Waals surface area contributed by atoms with Crippen LogP contribution in [-0.2, 0) is 19.4 Å². The van der Waals surface area contributed by atoms with Gasteiger partial charge in [0.1, 0.15) is 31.4 Å². The number of ether oxygens (including phenoxy) is 2. The molecule has 138 valence electrons. The van der Waals surface area contributed by atoms with Crippen molar-refractivity contribution in [1.82, 2.24) is 0 Å². The third-order valence-electron chi connectivity index (χ3n) is 5.32. The summed E-state index contributed by atoms with van der Waals surface area (Å²) in [7, 11) is 0. The first-order valence-corrected chi connectivity index (χ1v) is 9.52. The van der Waals surface area contributed by atoms with Gasteiger partial charge in [-0.05, 0) is 25.5 Å². The van der Waals surface area contributed by atoms with E-state index in [4.69, 9.17) is 9.47 Å². The third kappa shape index (κ3) is 3.71. The summed E-state index contributed by atoms with van der Waals surface area (Å²) in [5.74, 6) is 1.58. The highest BCUT2D eigenvalue weighted by atomic mass is 16.5. The molecule has 0 aliphatic carbocycles. The molecule has 0 saturated heterocycles. The summed E-state index contributed by atoms with van der Waals surface area (Å²) in [5, 5.41) is 10.5. The fraction of sp³-hybridized carbons (Fsp3) is 0.455. The number of hydrogen-bond donors (Lipinski definition) is 2. The van der Waals surface area contributed by atoms with Gasteiger partial charge in [-0.15, -0.1) is 0 Å². The summed E-state index contributed by atoms with van der Waals surface area (Å²) in [6.45, 7) is 7.21. The maximum Gasteiger partial charge on any atom is 0.165 e. The third-order valence-corrected chi connectivity index (χ3v) is 5.32. The molecule has 2 heterocycles. The summed E-state index contributed by atoms with van der Waals surface area (Å²) in [6.07, 6.45) is 1.48. The number of para-hydroxylation sites is 1. The lowest BCUT2D eigenvalue weighted by Gasteiger charge is -2.27. The second-order valence-corrected chi connectivity index (χ2v) is 8.15. The van der Waals surface area contributed by atoms with Crippen LogP contribution >= 0.6 is 0 Å². The molecule has 2 aliphatic heterocycles. The maximum absolute atomic E-state index is 10.5. The van der Waals surface area contributed by atoms with Gasteiger partial charge in [0.2, 0.25) is 0 Å². The van der Waals surface area contributed by atoms with Crippen LogP contribution in [0.15, 0.2) is 42.5 Å². The molecule has 0 bridgehead atoms. The summed E-state index contributed by atoms with van der Waals surface area (Å²) in [6, 6.07) is 14.6. The van der Waals surface area contributed by atoms with E-state index in [-0.39, 0.29) is 5.60 Å². The zero-order chi connectivity index (χ0) is 18.1. The Labute approximate surface area is 155 Å². The lowest BCUT2D eigenvalue weighted by atomic mass is 10.00. The molecule has 1 unspecified atom stereocenters. The van der Waals surface area contributed by atoms with Crippen molar-refractivity contribution in [2.24, 2.45) is 0 Å². The van der Waals surface area contributed by atoms with E-state index >= 15 is 0 Å². The van der Waals surface area contributed by atoms with Gasteiger partial charge in [0, 0.05) is 24.0 Å². The van der Waals surface area contributed by atoms with Crippen LogP contribution in [0.3, 0.4) is 0 Å². The second-order valence-electron chi connectivity index (χ2n) is 8.15. The smallest absolute Gasteiger partial charge is 0.165 e. The average molecular weight is 354 g/mol. The molecule has 0 aromatic heterocycles. The van der Waals surface area contributed by atoms with E-state index in [0.29, 0.717) is 13.2 Å². The standard InChI is InChI=1S/C22H27NO3/c1-22(2)12-17-8-5-9-20(21(17)26-22)25-15-19(24)14-23-11-10-16-6-3-4-7-18(16)13-23/h3-9,19,24H,10-15H2,1-2H3/p+1/t19-/m1/s1. The van der Waals surface area contributed by atoms with Crippen molar-refractivity contribution in [2.45, 2.75) is 44.9 Å². The van der Waals surface area contributed by atoms with E-state index in [9.17, 15) is 5.11 Å². The Morgan fingerprint density at radius 1 is 1.12 bits per heavy atom. The van der Waals surface area contributed by atoms with Gasteiger partial charge in [0.25, 0.3) is 0 Å². The molecule has 0 fully saturated rings. The monoisotopic (exact) mass is 354 g/mol. The fourth-order valence-electron chi connectivity index (χ4n) is 4.10. The Kier molecular flexibility index (Phi) is 4.63. The maximum atomic E-state index is 10.5. The van der Waals surface area contributed by atoms with Crippen LogP contribution in [0.25, 0.3) is 0 Å². The van der Waals surface area contributed by atoms with Gasteiger partial charge in [-0.25, -0.2) is 0 Å². The summed E-state index contributed by atoms with van der Waals surface area (Å²) in [5.41, 5.74) is 3.84. The minimum absolute atomic E-state index is 0.189. The minimum atomic E-state index is -0.486. The number of aliphatic hydroxyl groups excluding tert-OH is 1. The second kappa shape index (κ2) is 6.93. The molecule has 0 spiro atoms. The largest absolute Gasteiger partial charge is 0.487 e. The van der Waals surface area contributed by atoms with Crippen LogP contribution in [0.5, 0.6) is 11.5 Å². The van der Waals surface area contributed by atoms with Gasteiger partial charge < -0.3 is 19.5 Å². The van der Waals surface area contributed by atoms with Crippen molar-refractivity contribution in [3.63, 3.8) is 0 Å². The van der Waals surface area contributed by atoms with Gasteiger partial charge in [0.05, 0.1) is 6.54 Å². The van der Waals surface area contributed by atoms with Crippen molar-refractivity contribution in [2.75, 3.05) is 19.7 Å². The molecule has 2 atom stereocenters. The van der Waals surface area contributed by atoms with Crippen LogP contribution < -0.4 is 14.4 Å². The summed E-state index contributed by atoms with van der Waals surface area (Å²) < 4.78 is 12.0. The highest BCUT2D eigenvalue weighted by Crippen LogP contribution is 2.41. The molecule has 2 aliphatic rings. The number of benzene rings is 2. The molecule has 2 aromatic carbocycles. The first-order chi connectivity index (χ1) is 12.5. The van der Waals surface area contributed by atoms with Crippen molar-refractivity contribution in [1.29, 1.82) is 0 Å². The number of rotatable bonds is 5. The van der Waals surface area contributed by atoms with Gasteiger partial charge in [-0.3, -0.25) is 0 Å². The van der Waals surface area contributed by atoms with Gasteiger partial charge in [-0.2, -0.15) is 0 Å². The molecule has 4 rings (SSSR count). The topological polar surface area (TPSA) is 43.1 Å². The highest BCUT2D eigenvalue weighted by Gasteiger charge is 2.32. The van der Waals surface area contributed by atoms with Crippen molar-refractivity contribution in [3.8, 4) is 11.5 Å². The number of fused-ring (bicyclic) bond motifs is 2. The number of hydrogen-bond acceptors (Lipinski definition) is 3. The molecule has 0 amide bonds. The van der Waals surface area contributed by atoms with E-state index in [1.807, 2.05) is 12.1 Å². The number of aliphatic hydroxyl groups is 1. The van der Waals surface area contributed by atoms with E-state index in [1.165, 1.54) is 21.6 Å². The normalized spacial score (nSPS) is 21.4.